The first-order valence-electron chi connectivity index (χ1n) is 7.51. The highest BCUT2D eigenvalue weighted by atomic mass is 16.2. The van der Waals surface area contributed by atoms with E-state index in [1.54, 1.807) is 0 Å². The lowest BCUT2D eigenvalue weighted by Gasteiger charge is -2.33. The maximum atomic E-state index is 12.3. The van der Waals surface area contributed by atoms with Gasteiger partial charge in [-0.15, -0.1) is 0 Å². The minimum absolute atomic E-state index is 0.326. The summed E-state index contributed by atoms with van der Waals surface area (Å²) < 4.78 is 0. The standard InChI is InChI=1S/C15H30N2O/c1-12(2)7-8-15(18)17(13(3)4)11-14-6-5-9-16-10-14/h12-14,16H,5-11H2,1-4H3. The first kappa shape index (κ1) is 15.5. The lowest BCUT2D eigenvalue weighted by Crippen LogP contribution is -2.44. The zero-order valence-electron chi connectivity index (χ0n) is 12.5. The Bertz CT molecular complexity index is 245. The van der Waals surface area contributed by atoms with Gasteiger partial charge in [0.25, 0.3) is 0 Å². The number of nitrogens with zero attached hydrogens (tertiary/aromatic N) is 1. The number of carbonyl (C=O) groups excluding carboxylic acids is 1. The van der Waals surface area contributed by atoms with E-state index in [9.17, 15) is 4.79 Å². The van der Waals surface area contributed by atoms with Crippen molar-refractivity contribution in [1.82, 2.24) is 10.2 Å². The molecule has 0 aliphatic carbocycles. The molecule has 1 aliphatic heterocycles. The van der Waals surface area contributed by atoms with Crippen molar-refractivity contribution in [2.75, 3.05) is 19.6 Å². The molecule has 1 fully saturated rings. The minimum Gasteiger partial charge on any atom is -0.340 e. The van der Waals surface area contributed by atoms with Crippen LogP contribution < -0.4 is 5.32 Å². The summed E-state index contributed by atoms with van der Waals surface area (Å²) in [5.74, 6) is 1.59. The zero-order valence-corrected chi connectivity index (χ0v) is 12.5. The first-order chi connectivity index (χ1) is 8.50. The highest BCUT2D eigenvalue weighted by Gasteiger charge is 2.22. The number of carbonyl (C=O) groups is 1. The van der Waals surface area contributed by atoms with Crippen LogP contribution in [0.3, 0.4) is 0 Å². The van der Waals surface area contributed by atoms with Crippen LogP contribution in [-0.2, 0) is 4.79 Å². The van der Waals surface area contributed by atoms with E-state index in [4.69, 9.17) is 0 Å². The van der Waals surface area contributed by atoms with Crippen molar-refractivity contribution in [2.24, 2.45) is 11.8 Å². The van der Waals surface area contributed by atoms with Crippen LogP contribution in [0.15, 0.2) is 0 Å². The Labute approximate surface area is 112 Å². The molecule has 1 heterocycles. The smallest absolute Gasteiger partial charge is 0.222 e. The molecule has 0 aromatic heterocycles. The van der Waals surface area contributed by atoms with E-state index >= 15 is 0 Å². The van der Waals surface area contributed by atoms with E-state index < -0.39 is 0 Å². The van der Waals surface area contributed by atoms with Crippen LogP contribution in [0.2, 0.25) is 0 Å². The highest BCUT2D eigenvalue weighted by Crippen LogP contribution is 2.16. The van der Waals surface area contributed by atoms with E-state index in [0.717, 1.165) is 26.1 Å². The molecule has 1 amide bonds. The molecule has 1 atom stereocenters. The van der Waals surface area contributed by atoms with Crippen molar-refractivity contribution >= 4 is 5.91 Å². The summed E-state index contributed by atoms with van der Waals surface area (Å²) in [6, 6.07) is 0.326. The lowest BCUT2D eigenvalue weighted by molar-refractivity contribution is -0.134. The van der Waals surface area contributed by atoms with Gasteiger partial charge in [-0.3, -0.25) is 4.79 Å². The maximum absolute atomic E-state index is 12.3. The second-order valence-corrected chi connectivity index (χ2v) is 6.28. The third kappa shape index (κ3) is 5.38. The summed E-state index contributed by atoms with van der Waals surface area (Å²) >= 11 is 0. The molecule has 1 N–H and O–H groups in total. The van der Waals surface area contributed by atoms with Gasteiger partial charge in [-0.25, -0.2) is 0 Å². The van der Waals surface area contributed by atoms with Gasteiger partial charge in [0.05, 0.1) is 0 Å². The molecule has 106 valence electrons. The molecular formula is C15H30N2O. The SMILES string of the molecule is CC(C)CCC(=O)N(CC1CCCNC1)C(C)C. The van der Waals surface area contributed by atoms with Crippen LogP contribution in [0.5, 0.6) is 0 Å². The van der Waals surface area contributed by atoms with Crippen LogP contribution in [-0.4, -0.2) is 36.5 Å². The van der Waals surface area contributed by atoms with Crippen molar-refractivity contribution in [3.63, 3.8) is 0 Å². The van der Waals surface area contributed by atoms with Gasteiger partial charge >= 0.3 is 0 Å². The van der Waals surface area contributed by atoms with Gasteiger partial charge in [0.2, 0.25) is 5.91 Å². The number of nitrogens with one attached hydrogen (secondary N) is 1. The molecule has 3 heteroatoms. The van der Waals surface area contributed by atoms with Crippen molar-refractivity contribution in [2.45, 2.75) is 59.4 Å². The van der Waals surface area contributed by atoms with Crippen LogP contribution in [0, 0.1) is 11.8 Å². The Morgan fingerprint density at radius 2 is 2.06 bits per heavy atom. The fourth-order valence-electron chi connectivity index (χ4n) is 2.51. The van der Waals surface area contributed by atoms with Gasteiger partial charge in [-0.1, -0.05) is 13.8 Å². The molecule has 18 heavy (non-hydrogen) atoms. The second-order valence-electron chi connectivity index (χ2n) is 6.28. The zero-order chi connectivity index (χ0) is 13.5. The highest BCUT2D eigenvalue weighted by molar-refractivity contribution is 5.76. The summed E-state index contributed by atoms with van der Waals surface area (Å²) in [5, 5.41) is 3.43. The number of piperidine rings is 1. The summed E-state index contributed by atoms with van der Waals surface area (Å²) in [6.07, 6.45) is 4.21. The van der Waals surface area contributed by atoms with Gasteiger partial charge in [0.1, 0.15) is 0 Å². The number of rotatable bonds is 6. The molecule has 0 aromatic rings. The Morgan fingerprint density at radius 3 is 2.56 bits per heavy atom. The first-order valence-corrected chi connectivity index (χ1v) is 7.51. The average molecular weight is 254 g/mol. The maximum Gasteiger partial charge on any atom is 0.222 e. The van der Waals surface area contributed by atoms with Crippen LogP contribution in [0.25, 0.3) is 0 Å². The summed E-state index contributed by atoms with van der Waals surface area (Å²) in [6.45, 7) is 11.8. The third-order valence-electron chi connectivity index (χ3n) is 3.73. The normalized spacial score (nSPS) is 20.4. The average Bonchev–Trinajstić information content (AvgIpc) is 2.34. The van der Waals surface area contributed by atoms with E-state index in [1.807, 2.05) is 0 Å². The molecule has 1 unspecified atom stereocenters. The largest absolute Gasteiger partial charge is 0.340 e. The molecule has 0 spiro atoms. The van der Waals surface area contributed by atoms with Crippen molar-refractivity contribution < 1.29 is 4.79 Å². The second kappa shape index (κ2) is 7.78. The van der Waals surface area contributed by atoms with Gasteiger partial charge < -0.3 is 10.2 Å². The van der Waals surface area contributed by atoms with Gasteiger partial charge in [0.15, 0.2) is 0 Å². The molecule has 0 saturated carbocycles. The lowest BCUT2D eigenvalue weighted by atomic mass is 9.98. The topological polar surface area (TPSA) is 32.3 Å². The number of hydrogen-bond acceptors (Lipinski definition) is 2. The molecular weight excluding hydrogens is 224 g/mol. The molecule has 3 nitrogen and oxygen atoms in total. The Balaban J connectivity index is 2.44. The van der Waals surface area contributed by atoms with Crippen LogP contribution >= 0.6 is 0 Å². The van der Waals surface area contributed by atoms with Crippen molar-refractivity contribution in [1.29, 1.82) is 0 Å². The molecule has 1 aliphatic rings. The summed E-state index contributed by atoms with van der Waals surface area (Å²) in [5.41, 5.74) is 0. The van der Waals surface area contributed by atoms with Gasteiger partial charge in [-0.2, -0.15) is 0 Å². The fraction of sp³-hybridized carbons (Fsp3) is 0.933. The van der Waals surface area contributed by atoms with E-state index in [2.05, 4.69) is 37.9 Å². The number of hydrogen-bond donors (Lipinski definition) is 1. The molecule has 0 radical (unpaired) electrons. The van der Waals surface area contributed by atoms with E-state index in [-0.39, 0.29) is 0 Å². The third-order valence-corrected chi connectivity index (χ3v) is 3.73. The van der Waals surface area contributed by atoms with Crippen molar-refractivity contribution in [3.05, 3.63) is 0 Å². The monoisotopic (exact) mass is 254 g/mol. The Kier molecular flexibility index (Phi) is 6.69. The predicted octanol–water partition coefficient (Wildman–Crippen LogP) is 2.66. The van der Waals surface area contributed by atoms with Crippen LogP contribution in [0.1, 0.15) is 53.4 Å². The quantitative estimate of drug-likeness (QED) is 0.790. The van der Waals surface area contributed by atoms with E-state index in [1.165, 1.54) is 12.8 Å². The predicted molar refractivity (Wildman–Crippen MR) is 76.5 cm³/mol. The van der Waals surface area contributed by atoms with E-state index in [0.29, 0.717) is 30.2 Å². The molecule has 0 aromatic carbocycles. The summed E-state index contributed by atoms with van der Waals surface area (Å²) in [4.78, 5) is 14.4. The molecule has 1 rings (SSSR count). The van der Waals surface area contributed by atoms with Gasteiger partial charge in [0, 0.05) is 19.0 Å². The van der Waals surface area contributed by atoms with Crippen LogP contribution in [0.4, 0.5) is 0 Å². The number of amides is 1. The molecule has 0 bridgehead atoms. The molecule has 1 saturated heterocycles. The van der Waals surface area contributed by atoms with Crippen molar-refractivity contribution in [3.8, 4) is 0 Å². The summed E-state index contributed by atoms with van der Waals surface area (Å²) in [7, 11) is 0. The van der Waals surface area contributed by atoms with Gasteiger partial charge in [-0.05, 0) is 58.0 Å². The fourth-order valence-corrected chi connectivity index (χ4v) is 2.51. The Morgan fingerprint density at radius 1 is 1.33 bits per heavy atom. The minimum atomic E-state index is 0.326. The Hall–Kier alpha value is -0.570.